The Labute approximate surface area is 148 Å². The van der Waals surface area contributed by atoms with Gasteiger partial charge in [-0.15, -0.1) is 0 Å². The quantitative estimate of drug-likeness (QED) is 0.835. The SMILES string of the molecule is CO[C@H]1CN(C(=O)C(C)(C)n2cncn2)CC[C@@H]1Cc1ccccc1. The summed E-state index contributed by atoms with van der Waals surface area (Å²) in [6.07, 6.45) is 5.01. The van der Waals surface area contributed by atoms with Crippen LogP contribution in [0.1, 0.15) is 25.8 Å². The van der Waals surface area contributed by atoms with E-state index in [1.54, 1.807) is 18.1 Å². The van der Waals surface area contributed by atoms with Gasteiger partial charge in [-0.25, -0.2) is 9.67 Å². The molecule has 1 aromatic carbocycles. The van der Waals surface area contributed by atoms with E-state index in [0.29, 0.717) is 12.5 Å². The minimum atomic E-state index is -0.749. The molecule has 0 radical (unpaired) electrons. The monoisotopic (exact) mass is 342 g/mol. The minimum Gasteiger partial charge on any atom is -0.379 e. The highest BCUT2D eigenvalue weighted by molar-refractivity contribution is 5.83. The number of hydrogen-bond acceptors (Lipinski definition) is 4. The van der Waals surface area contributed by atoms with Crippen LogP contribution in [0.15, 0.2) is 43.0 Å². The van der Waals surface area contributed by atoms with Crippen LogP contribution >= 0.6 is 0 Å². The number of carbonyl (C=O) groups excluding carboxylic acids is 1. The number of hydrogen-bond donors (Lipinski definition) is 0. The van der Waals surface area contributed by atoms with E-state index in [-0.39, 0.29) is 12.0 Å². The summed E-state index contributed by atoms with van der Waals surface area (Å²) in [6, 6.07) is 10.5. The van der Waals surface area contributed by atoms with Crippen LogP contribution in [0.2, 0.25) is 0 Å². The van der Waals surface area contributed by atoms with Crippen LogP contribution in [0, 0.1) is 5.92 Å². The average molecular weight is 342 g/mol. The lowest BCUT2D eigenvalue weighted by Crippen LogP contribution is -2.54. The van der Waals surface area contributed by atoms with E-state index in [0.717, 1.165) is 19.4 Å². The second kappa shape index (κ2) is 7.35. The maximum absolute atomic E-state index is 13.0. The van der Waals surface area contributed by atoms with Gasteiger partial charge in [-0.3, -0.25) is 4.79 Å². The Bertz CT molecular complexity index is 685. The summed E-state index contributed by atoms with van der Waals surface area (Å²) in [5.74, 6) is 0.476. The third-order valence-electron chi connectivity index (χ3n) is 5.14. The van der Waals surface area contributed by atoms with Gasteiger partial charge in [0.2, 0.25) is 5.91 Å². The Kier molecular flexibility index (Phi) is 5.18. The zero-order valence-corrected chi connectivity index (χ0v) is 15.1. The predicted molar refractivity (Wildman–Crippen MR) is 95.0 cm³/mol. The van der Waals surface area contributed by atoms with Crippen LogP contribution in [-0.4, -0.2) is 51.9 Å². The first-order valence-electron chi connectivity index (χ1n) is 8.73. The first-order chi connectivity index (χ1) is 12.0. The Morgan fingerprint density at radius 1 is 1.32 bits per heavy atom. The molecule has 1 aromatic heterocycles. The molecule has 3 rings (SSSR count). The van der Waals surface area contributed by atoms with Crippen LogP contribution in [0.4, 0.5) is 0 Å². The number of amides is 1. The average Bonchev–Trinajstić information content (AvgIpc) is 3.18. The maximum Gasteiger partial charge on any atom is 0.250 e. The molecule has 134 valence electrons. The lowest BCUT2D eigenvalue weighted by molar-refractivity contribution is -0.145. The molecule has 1 aliphatic heterocycles. The fourth-order valence-electron chi connectivity index (χ4n) is 3.55. The minimum absolute atomic E-state index is 0.0458. The molecule has 2 aromatic rings. The van der Waals surface area contributed by atoms with E-state index in [4.69, 9.17) is 4.74 Å². The Morgan fingerprint density at radius 2 is 2.08 bits per heavy atom. The van der Waals surface area contributed by atoms with Crippen molar-refractivity contribution in [2.45, 2.75) is 38.3 Å². The summed E-state index contributed by atoms with van der Waals surface area (Å²) in [5, 5.41) is 4.14. The summed E-state index contributed by atoms with van der Waals surface area (Å²) >= 11 is 0. The summed E-state index contributed by atoms with van der Waals surface area (Å²) in [4.78, 5) is 18.9. The van der Waals surface area contributed by atoms with Crippen LogP contribution in [-0.2, 0) is 21.5 Å². The molecule has 2 atom stereocenters. The van der Waals surface area contributed by atoms with E-state index in [1.807, 2.05) is 24.8 Å². The van der Waals surface area contributed by atoms with Crippen molar-refractivity contribution in [2.24, 2.45) is 5.92 Å². The molecular weight excluding hydrogens is 316 g/mol. The number of rotatable bonds is 5. The lowest BCUT2D eigenvalue weighted by Gasteiger charge is -2.40. The van der Waals surface area contributed by atoms with Crippen molar-refractivity contribution in [3.8, 4) is 0 Å². The van der Waals surface area contributed by atoms with E-state index in [1.165, 1.54) is 11.9 Å². The number of methoxy groups -OCH3 is 1. The van der Waals surface area contributed by atoms with Gasteiger partial charge in [-0.05, 0) is 38.2 Å². The number of ether oxygens (including phenoxy) is 1. The summed E-state index contributed by atoms with van der Waals surface area (Å²) in [6.45, 7) is 5.11. The maximum atomic E-state index is 13.0. The third-order valence-corrected chi connectivity index (χ3v) is 5.14. The van der Waals surface area contributed by atoms with Gasteiger partial charge in [-0.2, -0.15) is 5.10 Å². The van der Waals surface area contributed by atoms with E-state index >= 15 is 0 Å². The number of carbonyl (C=O) groups is 1. The molecule has 1 saturated heterocycles. The summed E-state index contributed by atoms with van der Waals surface area (Å²) in [5.41, 5.74) is 0.568. The number of benzene rings is 1. The van der Waals surface area contributed by atoms with Crippen molar-refractivity contribution >= 4 is 5.91 Å². The predicted octanol–water partition coefficient (Wildman–Crippen LogP) is 2.12. The van der Waals surface area contributed by atoms with Gasteiger partial charge in [0.1, 0.15) is 18.2 Å². The number of aromatic nitrogens is 3. The summed E-state index contributed by atoms with van der Waals surface area (Å²) in [7, 11) is 1.74. The normalized spacial score (nSPS) is 21.3. The molecule has 6 nitrogen and oxygen atoms in total. The zero-order chi connectivity index (χ0) is 17.9. The van der Waals surface area contributed by atoms with Crippen molar-refractivity contribution in [3.63, 3.8) is 0 Å². The molecule has 0 aliphatic carbocycles. The van der Waals surface area contributed by atoms with E-state index < -0.39 is 5.54 Å². The van der Waals surface area contributed by atoms with E-state index in [9.17, 15) is 4.79 Å². The van der Waals surface area contributed by atoms with Crippen LogP contribution in [0.3, 0.4) is 0 Å². The Morgan fingerprint density at radius 3 is 2.72 bits per heavy atom. The first kappa shape index (κ1) is 17.6. The van der Waals surface area contributed by atoms with Crippen molar-refractivity contribution in [1.82, 2.24) is 19.7 Å². The van der Waals surface area contributed by atoms with Crippen molar-refractivity contribution in [2.75, 3.05) is 20.2 Å². The fraction of sp³-hybridized carbons (Fsp3) is 0.526. The Hall–Kier alpha value is -2.21. The number of likely N-dealkylation sites (tertiary alicyclic amines) is 1. The molecule has 1 aliphatic rings. The molecule has 1 fully saturated rings. The molecule has 1 amide bonds. The largest absolute Gasteiger partial charge is 0.379 e. The number of piperidine rings is 1. The molecule has 0 bridgehead atoms. The molecule has 0 saturated carbocycles. The van der Waals surface area contributed by atoms with Gasteiger partial charge in [0.15, 0.2) is 0 Å². The van der Waals surface area contributed by atoms with Crippen LogP contribution in [0.25, 0.3) is 0 Å². The van der Waals surface area contributed by atoms with Gasteiger partial charge in [0.05, 0.1) is 6.10 Å². The second-order valence-electron chi connectivity index (χ2n) is 7.16. The zero-order valence-electron chi connectivity index (χ0n) is 15.1. The first-order valence-corrected chi connectivity index (χ1v) is 8.73. The highest BCUT2D eigenvalue weighted by Crippen LogP contribution is 2.27. The van der Waals surface area contributed by atoms with Crippen LogP contribution < -0.4 is 0 Å². The lowest BCUT2D eigenvalue weighted by atomic mass is 9.87. The Balaban J connectivity index is 1.68. The molecule has 25 heavy (non-hydrogen) atoms. The molecule has 6 heteroatoms. The molecule has 0 unspecified atom stereocenters. The second-order valence-corrected chi connectivity index (χ2v) is 7.16. The smallest absolute Gasteiger partial charge is 0.250 e. The molecule has 0 spiro atoms. The van der Waals surface area contributed by atoms with E-state index in [2.05, 4.69) is 34.3 Å². The van der Waals surface area contributed by atoms with Gasteiger partial charge >= 0.3 is 0 Å². The highest BCUT2D eigenvalue weighted by atomic mass is 16.5. The van der Waals surface area contributed by atoms with Gasteiger partial charge in [-0.1, -0.05) is 30.3 Å². The molecular formula is C19H26N4O2. The summed E-state index contributed by atoms with van der Waals surface area (Å²) < 4.78 is 7.35. The fourth-order valence-corrected chi connectivity index (χ4v) is 3.55. The topological polar surface area (TPSA) is 60.2 Å². The van der Waals surface area contributed by atoms with Crippen molar-refractivity contribution in [1.29, 1.82) is 0 Å². The molecule has 2 heterocycles. The third kappa shape index (κ3) is 3.74. The van der Waals surface area contributed by atoms with Crippen molar-refractivity contribution in [3.05, 3.63) is 48.5 Å². The van der Waals surface area contributed by atoms with Gasteiger partial charge in [0, 0.05) is 20.2 Å². The van der Waals surface area contributed by atoms with Crippen molar-refractivity contribution < 1.29 is 9.53 Å². The number of nitrogens with zero attached hydrogens (tertiary/aromatic N) is 4. The van der Waals surface area contributed by atoms with Gasteiger partial charge in [0.25, 0.3) is 0 Å². The highest BCUT2D eigenvalue weighted by Gasteiger charge is 2.39. The molecule has 0 N–H and O–H groups in total. The van der Waals surface area contributed by atoms with Gasteiger partial charge < -0.3 is 9.64 Å². The standard InChI is InChI=1S/C19H26N4O2/c1-19(2,23-14-20-13-21-23)18(24)22-10-9-16(17(12-22)25-3)11-15-7-5-4-6-8-15/h4-8,13-14,16-17H,9-12H2,1-3H3/t16-,17+/m1/s1. The van der Waals surface area contributed by atoms with Crippen LogP contribution in [0.5, 0.6) is 0 Å².